The highest BCUT2D eigenvalue weighted by Crippen LogP contribution is 2.26. The summed E-state index contributed by atoms with van der Waals surface area (Å²) in [6, 6.07) is 3.75. The van der Waals surface area contributed by atoms with E-state index < -0.39 is 11.4 Å². The van der Waals surface area contributed by atoms with Crippen LogP contribution in [0, 0.1) is 12.3 Å². The zero-order valence-corrected chi connectivity index (χ0v) is 11.7. The molecule has 1 N–H and O–H groups in total. The molecule has 7 heteroatoms. The number of aliphatic carboxylic acids is 1. The smallest absolute Gasteiger partial charge is 0.311 e. The topological polar surface area (TPSA) is 93.8 Å². The molecule has 20 heavy (non-hydrogen) atoms. The monoisotopic (exact) mass is 275 g/mol. The second-order valence-corrected chi connectivity index (χ2v) is 5.05. The highest BCUT2D eigenvalue weighted by molar-refractivity contribution is 5.74. The van der Waals surface area contributed by atoms with Crippen LogP contribution in [0.4, 0.5) is 0 Å². The molecule has 0 radical (unpaired) electrons. The number of pyridine rings is 1. The van der Waals surface area contributed by atoms with Crippen molar-refractivity contribution >= 4 is 5.97 Å². The molecule has 0 aliphatic rings. The van der Waals surface area contributed by atoms with Crippen LogP contribution in [0.2, 0.25) is 0 Å². The predicted molar refractivity (Wildman–Crippen MR) is 71.8 cm³/mol. The van der Waals surface area contributed by atoms with Crippen molar-refractivity contribution in [1.29, 1.82) is 0 Å². The third kappa shape index (κ3) is 2.52. The molecule has 2 aromatic rings. The Labute approximate surface area is 116 Å². The third-order valence-electron chi connectivity index (χ3n) is 3.55. The Bertz CT molecular complexity index is 625. The van der Waals surface area contributed by atoms with Crippen LogP contribution in [0.3, 0.4) is 0 Å². The van der Waals surface area contributed by atoms with Crippen molar-refractivity contribution in [2.45, 2.75) is 33.7 Å². The molecule has 0 spiro atoms. The minimum absolute atomic E-state index is 0.206. The number of nitrogens with zero attached hydrogens (tertiary/aromatic N) is 5. The van der Waals surface area contributed by atoms with Crippen LogP contribution in [0.1, 0.15) is 25.8 Å². The fourth-order valence-electron chi connectivity index (χ4n) is 1.86. The molecule has 2 heterocycles. The standard InChI is InChI=1S/C13H17N5O2/c1-4-13(3,12(19)20)8-18-11(15-16-17-18)10-9(2)6-5-7-14-10/h5-7H,4,8H2,1-3H3,(H,19,20). The van der Waals surface area contributed by atoms with E-state index in [-0.39, 0.29) is 6.54 Å². The Hall–Kier alpha value is -2.31. The van der Waals surface area contributed by atoms with Gasteiger partial charge in [0, 0.05) is 6.20 Å². The Morgan fingerprint density at radius 2 is 2.25 bits per heavy atom. The zero-order chi connectivity index (χ0) is 14.8. The Morgan fingerprint density at radius 1 is 1.50 bits per heavy atom. The van der Waals surface area contributed by atoms with Crippen LogP contribution in [0.25, 0.3) is 11.5 Å². The summed E-state index contributed by atoms with van der Waals surface area (Å²) >= 11 is 0. The lowest BCUT2D eigenvalue weighted by Gasteiger charge is -2.22. The van der Waals surface area contributed by atoms with E-state index in [1.807, 2.05) is 26.0 Å². The first-order valence-corrected chi connectivity index (χ1v) is 6.39. The number of rotatable bonds is 5. The molecule has 0 amide bonds. The second kappa shape index (κ2) is 5.36. The molecular weight excluding hydrogens is 258 g/mol. The molecular formula is C13H17N5O2. The highest BCUT2D eigenvalue weighted by Gasteiger charge is 2.33. The summed E-state index contributed by atoms with van der Waals surface area (Å²) in [6.07, 6.45) is 2.15. The Kier molecular flexibility index (Phi) is 3.78. The van der Waals surface area contributed by atoms with Crippen LogP contribution >= 0.6 is 0 Å². The molecule has 0 aromatic carbocycles. The molecule has 1 atom stereocenters. The average molecular weight is 275 g/mol. The first-order chi connectivity index (χ1) is 9.48. The molecule has 0 aliphatic carbocycles. The van der Waals surface area contributed by atoms with Crippen molar-refractivity contribution in [2.75, 3.05) is 0 Å². The summed E-state index contributed by atoms with van der Waals surface area (Å²) in [5.74, 6) is -0.372. The Morgan fingerprint density at radius 3 is 2.85 bits per heavy atom. The molecule has 0 saturated carbocycles. The second-order valence-electron chi connectivity index (χ2n) is 5.05. The van der Waals surface area contributed by atoms with Gasteiger partial charge in [-0.1, -0.05) is 13.0 Å². The van der Waals surface area contributed by atoms with Crippen molar-refractivity contribution in [1.82, 2.24) is 25.2 Å². The fourth-order valence-corrected chi connectivity index (χ4v) is 1.86. The SMILES string of the molecule is CCC(C)(Cn1nnnc1-c1ncccc1C)C(=O)O. The number of hydrogen-bond acceptors (Lipinski definition) is 5. The maximum atomic E-state index is 11.4. The van der Waals surface area contributed by atoms with Gasteiger partial charge in [-0.15, -0.1) is 5.10 Å². The van der Waals surface area contributed by atoms with Crippen LogP contribution < -0.4 is 0 Å². The average Bonchev–Trinajstić information content (AvgIpc) is 2.86. The normalized spacial score (nSPS) is 13.9. The largest absolute Gasteiger partial charge is 0.481 e. The molecule has 0 saturated heterocycles. The zero-order valence-electron chi connectivity index (χ0n) is 11.7. The van der Waals surface area contributed by atoms with E-state index in [2.05, 4.69) is 20.5 Å². The number of tetrazole rings is 1. The molecule has 7 nitrogen and oxygen atoms in total. The molecule has 2 aromatic heterocycles. The number of carbonyl (C=O) groups is 1. The van der Waals surface area contributed by atoms with Gasteiger partial charge in [0.25, 0.3) is 0 Å². The van der Waals surface area contributed by atoms with Gasteiger partial charge < -0.3 is 5.11 Å². The number of hydrogen-bond donors (Lipinski definition) is 1. The summed E-state index contributed by atoms with van der Waals surface area (Å²) in [4.78, 5) is 15.7. The molecule has 0 fully saturated rings. The summed E-state index contributed by atoms with van der Waals surface area (Å²) in [5.41, 5.74) is 0.700. The first-order valence-electron chi connectivity index (χ1n) is 6.39. The Balaban J connectivity index is 2.40. The predicted octanol–water partition coefficient (Wildman–Crippen LogP) is 1.54. The maximum Gasteiger partial charge on any atom is 0.311 e. The molecule has 1 unspecified atom stereocenters. The number of aromatic nitrogens is 5. The molecule has 2 rings (SSSR count). The van der Waals surface area contributed by atoms with Gasteiger partial charge in [-0.3, -0.25) is 9.78 Å². The molecule has 0 aliphatic heterocycles. The van der Waals surface area contributed by atoms with Crippen molar-refractivity contribution in [3.05, 3.63) is 23.9 Å². The lowest BCUT2D eigenvalue weighted by Crippen LogP contribution is -2.32. The molecule has 106 valence electrons. The van der Waals surface area contributed by atoms with Crippen LogP contribution in [-0.4, -0.2) is 36.3 Å². The van der Waals surface area contributed by atoms with E-state index >= 15 is 0 Å². The van der Waals surface area contributed by atoms with Crippen molar-refractivity contribution < 1.29 is 9.90 Å². The van der Waals surface area contributed by atoms with Gasteiger partial charge in [0.1, 0.15) is 5.69 Å². The summed E-state index contributed by atoms with van der Waals surface area (Å²) in [6.45, 7) is 5.64. The summed E-state index contributed by atoms with van der Waals surface area (Å²) in [5, 5.41) is 20.9. The van der Waals surface area contributed by atoms with Gasteiger partial charge in [0.2, 0.25) is 5.82 Å². The van der Waals surface area contributed by atoms with Crippen molar-refractivity contribution in [2.24, 2.45) is 5.41 Å². The van der Waals surface area contributed by atoms with E-state index in [0.29, 0.717) is 17.9 Å². The van der Waals surface area contributed by atoms with Gasteiger partial charge in [-0.05, 0) is 42.3 Å². The van der Waals surface area contributed by atoms with E-state index in [4.69, 9.17) is 0 Å². The summed E-state index contributed by atoms with van der Waals surface area (Å²) < 4.78 is 1.51. The third-order valence-corrected chi connectivity index (χ3v) is 3.55. The number of carboxylic acids is 1. The van der Waals surface area contributed by atoms with Crippen molar-refractivity contribution in [3.8, 4) is 11.5 Å². The fraction of sp³-hybridized carbons (Fsp3) is 0.462. The van der Waals surface area contributed by atoms with Gasteiger partial charge in [0.05, 0.1) is 12.0 Å². The van der Waals surface area contributed by atoms with Gasteiger partial charge >= 0.3 is 5.97 Å². The van der Waals surface area contributed by atoms with E-state index in [1.165, 1.54) is 4.68 Å². The summed E-state index contributed by atoms with van der Waals surface area (Å²) in [7, 11) is 0. The maximum absolute atomic E-state index is 11.4. The number of carboxylic acid groups (broad SMARTS) is 1. The van der Waals surface area contributed by atoms with Gasteiger partial charge in [-0.25, -0.2) is 4.68 Å². The van der Waals surface area contributed by atoms with Crippen LogP contribution in [0.15, 0.2) is 18.3 Å². The molecule has 0 bridgehead atoms. The van der Waals surface area contributed by atoms with Gasteiger partial charge in [-0.2, -0.15) is 0 Å². The lowest BCUT2D eigenvalue weighted by atomic mass is 9.88. The van der Waals surface area contributed by atoms with E-state index in [1.54, 1.807) is 13.1 Å². The van der Waals surface area contributed by atoms with Gasteiger partial charge in [0.15, 0.2) is 0 Å². The van der Waals surface area contributed by atoms with E-state index in [9.17, 15) is 9.90 Å². The van der Waals surface area contributed by atoms with Crippen LogP contribution in [-0.2, 0) is 11.3 Å². The minimum Gasteiger partial charge on any atom is -0.481 e. The number of aryl methyl sites for hydroxylation is 1. The van der Waals surface area contributed by atoms with Crippen LogP contribution in [0.5, 0.6) is 0 Å². The minimum atomic E-state index is -0.910. The van der Waals surface area contributed by atoms with Crippen molar-refractivity contribution in [3.63, 3.8) is 0 Å². The lowest BCUT2D eigenvalue weighted by molar-refractivity contribution is -0.149. The highest BCUT2D eigenvalue weighted by atomic mass is 16.4. The van der Waals surface area contributed by atoms with E-state index in [0.717, 1.165) is 5.56 Å². The quantitative estimate of drug-likeness (QED) is 0.889. The first kappa shape index (κ1) is 14.1.